The van der Waals surface area contributed by atoms with E-state index < -0.39 is 0 Å². The maximum atomic E-state index is 5.47. The maximum Gasteiger partial charge on any atom is 0.191 e. The molecule has 1 saturated heterocycles. The zero-order valence-electron chi connectivity index (χ0n) is 12.1. The van der Waals surface area contributed by atoms with Crippen LogP contribution in [0, 0.1) is 0 Å². The second-order valence-corrected chi connectivity index (χ2v) is 6.96. The predicted molar refractivity (Wildman–Crippen MR) is 88.8 cm³/mol. The van der Waals surface area contributed by atoms with Crippen LogP contribution < -0.4 is 10.6 Å². The minimum absolute atomic E-state index is 0.276. The molecule has 0 radical (unpaired) electrons. The molecule has 0 atom stereocenters. The number of aliphatic imine (C=N–C) groups is 1. The van der Waals surface area contributed by atoms with Gasteiger partial charge in [0.05, 0.1) is 0 Å². The molecule has 20 heavy (non-hydrogen) atoms. The highest BCUT2D eigenvalue weighted by Gasteiger charge is 2.31. The summed E-state index contributed by atoms with van der Waals surface area (Å²) >= 11 is 3.66. The van der Waals surface area contributed by atoms with Crippen molar-refractivity contribution in [3.8, 4) is 0 Å². The van der Waals surface area contributed by atoms with Crippen molar-refractivity contribution in [3.05, 3.63) is 22.4 Å². The number of hydrogen-bond donors (Lipinski definition) is 2. The van der Waals surface area contributed by atoms with Crippen molar-refractivity contribution >= 4 is 29.1 Å². The summed E-state index contributed by atoms with van der Waals surface area (Å²) in [6, 6.07) is 2.13. The molecular formula is C14H23N3OS2. The van der Waals surface area contributed by atoms with Crippen LogP contribution in [0.3, 0.4) is 0 Å². The van der Waals surface area contributed by atoms with E-state index in [9.17, 15) is 0 Å². The van der Waals surface area contributed by atoms with Gasteiger partial charge in [-0.2, -0.15) is 23.1 Å². The van der Waals surface area contributed by atoms with E-state index in [2.05, 4.69) is 38.7 Å². The average molecular weight is 313 g/mol. The predicted octanol–water partition coefficient (Wildman–Crippen LogP) is 2.33. The Hall–Kier alpha value is -0.720. The highest BCUT2D eigenvalue weighted by atomic mass is 32.2. The van der Waals surface area contributed by atoms with Crippen LogP contribution in [0.25, 0.3) is 0 Å². The molecule has 1 aromatic rings. The highest BCUT2D eigenvalue weighted by molar-refractivity contribution is 8.00. The van der Waals surface area contributed by atoms with Crippen LogP contribution in [0.4, 0.5) is 0 Å². The largest absolute Gasteiger partial charge is 0.381 e. The van der Waals surface area contributed by atoms with Crippen LogP contribution in [0.2, 0.25) is 0 Å². The highest BCUT2D eigenvalue weighted by Crippen LogP contribution is 2.32. The van der Waals surface area contributed by atoms with Crippen molar-refractivity contribution < 1.29 is 4.74 Å². The number of thioether (sulfide) groups is 1. The van der Waals surface area contributed by atoms with Crippen molar-refractivity contribution in [1.29, 1.82) is 0 Å². The van der Waals surface area contributed by atoms with Crippen molar-refractivity contribution in [1.82, 2.24) is 10.6 Å². The fraction of sp³-hybridized carbons (Fsp3) is 0.643. The van der Waals surface area contributed by atoms with Gasteiger partial charge in [0.15, 0.2) is 5.96 Å². The van der Waals surface area contributed by atoms with E-state index >= 15 is 0 Å². The van der Waals surface area contributed by atoms with E-state index in [4.69, 9.17) is 4.74 Å². The maximum absolute atomic E-state index is 5.47. The number of ether oxygens (including phenoxy) is 1. The first-order valence-electron chi connectivity index (χ1n) is 6.86. The van der Waals surface area contributed by atoms with E-state index in [-0.39, 0.29) is 4.75 Å². The Morgan fingerprint density at radius 2 is 2.25 bits per heavy atom. The van der Waals surface area contributed by atoms with Gasteiger partial charge in [0, 0.05) is 38.1 Å². The number of nitrogens with one attached hydrogen (secondary N) is 2. The number of rotatable bonds is 5. The van der Waals surface area contributed by atoms with Crippen molar-refractivity contribution in [2.45, 2.75) is 24.1 Å². The third kappa shape index (κ3) is 4.40. The first-order chi connectivity index (χ1) is 9.78. The molecule has 1 aliphatic rings. The fourth-order valence-electron chi connectivity index (χ4n) is 2.24. The van der Waals surface area contributed by atoms with Crippen LogP contribution in [-0.4, -0.2) is 43.8 Å². The molecule has 0 saturated carbocycles. The lowest BCUT2D eigenvalue weighted by Gasteiger charge is -2.36. The van der Waals surface area contributed by atoms with Gasteiger partial charge >= 0.3 is 0 Å². The molecule has 2 N–H and O–H groups in total. The quantitative estimate of drug-likeness (QED) is 0.647. The Kier molecular flexibility index (Phi) is 6.19. The average Bonchev–Trinajstić information content (AvgIpc) is 3.02. The van der Waals surface area contributed by atoms with E-state index in [0.29, 0.717) is 0 Å². The third-order valence-electron chi connectivity index (χ3n) is 3.68. The van der Waals surface area contributed by atoms with E-state index in [1.807, 2.05) is 18.8 Å². The lowest BCUT2D eigenvalue weighted by Crippen LogP contribution is -2.47. The van der Waals surface area contributed by atoms with Crippen LogP contribution in [0.1, 0.15) is 18.4 Å². The molecule has 2 heterocycles. The van der Waals surface area contributed by atoms with Crippen molar-refractivity contribution in [2.75, 3.05) is 33.1 Å². The summed E-state index contributed by atoms with van der Waals surface area (Å²) in [7, 11) is 1.82. The molecule has 6 heteroatoms. The summed E-state index contributed by atoms with van der Waals surface area (Å²) in [5, 5.41) is 11.1. The Morgan fingerprint density at radius 3 is 2.85 bits per heavy atom. The van der Waals surface area contributed by atoms with Gasteiger partial charge in [0.25, 0.3) is 0 Å². The molecule has 0 spiro atoms. The van der Waals surface area contributed by atoms with Gasteiger partial charge in [-0.1, -0.05) is 0 Å². The van der Waals surface area contributed by atoms with Crippen LogP contribution in [0.5, 0.6) is 0 Å². The number of thiophene rings is 1. The SMILES string of the molecule is CN=C(NCc1ccsc1)NCC1(SC)CCOCC1. The minimum atomic E-state index is 0.276. The van der Waals surface area contributed by atoms with E-state index in [1.165, 1.54) is 5.56 Å². The molecule has 0 unspecified atom stereocenters. The van der Waals surface area contributed by atoms with Crippen molar-refractivity contribution in [2.24, 2.45) is 4.99 Å². The van der Waals surface area contributed by atoms with Crippen molar-refractivity contribution in [3.63, 3.8) is 0 Å². The lowest BCUT2D eigenvalue weighted by molar-refractivity contribution is 0.0783. The van der Waals surface area contributed by atoms with Crippen LogP contribution in [-0.2, 0) is 11.3 Å². The summed E-state index contributed by atoms with van der Waals surface area (Å²) < 4.78 is 5.75. The third-order valence-corrected chi connectivity index (χ3v) is 5.83. The monoisotopic (exact) mass is 313 g/mol. The first-order valence-corrected chi connectivity index (χ1v) is 9.03. The Balaban J connectivity index is 1.80. The van der Waals surface area contributed by atoms with Gasteiger partial charge in [-0.05, 0) is 41.5 Å². The molecule has 0 amide bonds. The second-order valence-electron chi connectivity index (χ2n) is 4.91. The van der Waals surface area contributed by atoms with Gasteiger partial charge in [-0.25, -0.2) is 0 Å². The topological polar surface area (TPSA) is 45.7 Å². The van der Waals surface area contributed by atoms with Gasteiger partial charge in [-0.15, -0.1) is 0 Å². The Bertz CT molecular complexity index is 414. The van der Waals surface area contributed by atoms with Gasteiger partial charge in [-0.3, -0.25) is 4.99 Å². The zero-order chi connectivity index (χ0) is 14.3. The lowest BCUT2D eigenvalue weighted by atomic mass is 9.99. The van der Waals surface area contributed by atoms with E-state index in [1.54, 1.807) is 11.3 Å². The second kappa shape index (κ2) is 7.90. The molecule has 112 valence electrons. The molecule has 0 aromatic carbocycles. The number of guanidine groups is 1. The first kappa shape index (κ1) is 15.7. The molecule has 0 aliphatic carbocycles. The standard InChI is InChI=1S/C14H23N3OS2/c1-15-13(16-9-12-3-8-20-10-12)17-11-14(19-2)4-6-18-7-5-14/h3,8,10H,4-7,9,11H2,1-2H3,(H2,15,16,17). The Labute approximate surface area is 129 Å². The normalized spacial score (nSPS) is 18.8. The minimum Gasteiger partial charge on any atom is -0.381 e. The molecule has 1 aromatic heterocycles. The van der Waals surface area contributed by atoms with Gasteiger partial charge in [0.1, 0.15) is 0 Å². The van der Waals surface area contributed by atoms with Crippen LogP contribution in [0.15, 0.2) is 21.8 Å². The summed E-state index contributed by atoms with van der Waals surface area (Å²) in [5.41, 5.74) is 1.29. The molecule has 1 fully saturated rings. The summed E-state index contributed by atoms with van der Waals surface area (Å²) in [5.74, 6) is 0.871. The Morgan fingerprint density at radius 1 is 1.45 bits per heavy atom. The molecule has 4 nitrogen and oxygen atoms in total. The summed E-state index contributed by atoms with van der Waals surface area (Å²) in [6.07, 6.45) is 4.39. The molecule has 2 rings (SSSR count). The summed E-state index contributed by atoms with van der Waals surface area (Å²) in [6.45, 7) is 3.48. The van der Waals surface area contributed by atoms with E-state index in [0.717, 1.165) is 45.1 Å². The zero-order valence-corrected chi connectivity index (χ0v) is 13.8. The smallest absolute Gasteiger partial charge is 0.191 e. The van der Waals surface area contributed by atoms with Gasteiger partial charge < -0.3 is 15.4 Å². The number of hydrogen-bond acceptors (Lipinski definition) is 4. The summed E-state index contributed by atoms with van der Waals surface area (Å²) in [4.78, 5) is 4.29. The molecule has 0 bridgehead atoms. The fourth-order valence-corrected chi connectivity index (χ4v) is 3.70. The molecular weight excluding hydrogens is 290 g/mol. The molecule has 1 aliphatic heterocycles. The van der Waals surface area contributed by atoms with Crippen LogP contribution >= 0.6 is 23.1 Å². The van der Waals surface area contributed by atoms with Gasteiger partial charge in [0.2, 0.25) is 0 Å². The number of nitrogens with zero attached hydrogens (tertiary/aromatic N) is 1.